The molecule has 0 atom stereocenters. The maximum absolute atomic E-state index is 12.4. The summed E-state index contributed by atoms with van der Waals surface area (Å²) >= 11 is 5.89. The number of methoxy groups -OCH3 is 1. The van der Waals surface area contributed by atoms with Crippen molar-refractivity contribution in [3.05, 3.63) is 94.0 Å². The lowest BCUT2D eigenvalue weighted by Gasteiger charge is -2.13. The van der Waals surface area contributed by atoms with Gasteiger partial charge in [0.05, 0.1) is 7.11 Å². The maximum atomic E-state index is 12.4. The van der Waals surface area contributed by atoms with Crippen molar-refractivity contribution in [1.29, 1.82) is 0 Å². The van der Waals surface area contributed by atoms with E-state index >= 15 is 0 Å². The molecule has 2 amide bonds. The number of amides is 2. The van der Waals surface area contributed by atoms with E-state index in [0.717, 1.165) is 11.1 Å². The average molecular weight is 425 g/mol. The van der Waals surface area contributed by atoms with Crippen molar-refractivity contribution in [1.82, 2.24) is 10.9 Å². The van der Waals surface area contributed by atoms with Crippen LogP contribution in [0.1, 0.15) is 31.8 Å². The summed E-state index contributed by atoms with van der Waals surface area (Å²) in [5.74, 6) is 0.0330. The number of benzene rings is 3. The van der Waals surface area contributed by atoms with Crippen LogP contribution in [0.15, 0.2) is 66.7 Å². The normalized spacial score (nSPS) is 10.2. The molecule has 0 spiro atoms. The van der Waals surface area contributed by atoms with Crippen molar-refractivity contribution in [2.24, 2.45) is 0 Å². The number of nitrogens with one attached hydrogen (secondary N) is 2. The number of rotatable bonds is 6. The van der Waals surface area contributed by atoms with E-state index in [2.05, 4.69) is 10.9 Å². The summed E-state index contributed by atoms with van der Waals surface area (Å²) in [4.78, 5) is 24.7. The molecule has 0 aromatic heterocycles. The first-order chi connectivity index (χ1) is 14.5. The third-order valence-electron chi connectivity index (χ3n) is 4.41. The molecule has 0 bridgehead atoms. The summed E-state index contributed by atoms with van der Waals surface area (Å²) in [6, 6.07) is 19.2. The molecule has 7 heteroatoms. The van der Waals surface area contributed by atoms with E-state index in [1.54, 1.807) is 42.5 Å². The van der Waals surface area contributed by atoms with Crippen LogP contribution in [0.25, 0.3) is 0 Å². The first kappa shape index (κ1) is 21.2. The molecule has 0 fully saturated rings. The van der Waals surface area contributed by atoms with Crippen LogP contribution in [-0.4, -0.2) is 18.9 Å². The summed E-state index contributed by atoms with van der Waals surface area (Å²) in [5, 5.41) is 0.654. The lowest BCUT2D eigenvalue weighted by atomic mass is 10.1. The summed E-state index contributed by atoms with van der Waals surface area (Å²) < 4.78 is 11.1. The lowest BCUT2D eigenvalue weighted by molar-refractivity contribution is 0.0846. The largest absolute Gasteiger partial charge is 0.493 e. The van der Waals surface area contributed by atoms with Gasteiger partial charge >= 0.3 is 0 Å². The Bertz CT molecular complexity index is 1050. The number of hydrazine groups is 1. The van der Waals surface area contributed by atoms with Crippen molar-refractivity contribution in [2.75, 3.05) is 7.11 Å². The van der Waals surface area contributed by atoms with Crippen molar-refractivity contribution in [3.8, 4) is 11.5 Å². The fourth-order valence-electron chi connectivity index (χ4n) is 2.75. The standard InChI is InChI=1S/C23H21ClN2O4/c1-15-5-3-4-6-19(15)23(28)26-25-22(27)17-9-12-20(21(13-17)29-2)30-14-16-7-10-18(24)11-8-16/h3-13H,14H2,1-2H3,(H,25,27)(H,26,28). The van der Waals surface area contributed by atoms with Crippen molar-refractivity contribution in [3.63, 3.8) is 0 Å². The van der Waals surface area contributed by atoms with Crippen LogP contribution in [0.4, 0.5) is 0 Å². The van der Waals surface area contributed by atoms with E-state index in [9.17, 15) is 9.59 Å². The number of carbonyl (C=O) groups excluding carboxylic acids is 2. The molecule has 0 aliphatic carbocycles. The monoisotopic (exact) mass is 424 g/mol. The molecule has 0 saturated heterocycles. The third-order valence-corrected chi connectivity index (χ3v) is 4.66. The van der Waals surface area contributed by atoms with Gasteiger partial charge in [0.2, 0.25) is 0 Å². The van der Waals surface area contributed by atoms with Gasteiger partial charge in [-0.2, -0.15) is 0 Å². The summed E-state index contributed by atoms with van der Waals surface area (Å²) in [6.45, 7) is 2.15. The zero-order valence-corrected chi connectivity index (χ0v) is 17.3. The van der Waals surface area contributed by atoms with Gasteiger partial charge in [-0.3, -0.25) is 20.4 Å². The van der Waals surface area contributed by atoms with Crippen molar-refractivity contribution < 1.29 is 19.1 Å². The number of hydrogen-bond donors (Lipinski definition) is 2. The minimum absolute atomic E-state index is 0.316. The molecule has 3 aromatic carbocycles. The number of ether oxygens (including phenoxy) is 2. The Labute approximate surface area is 179 Å². The number of hydrogen-bond acceptors (Lipinski definition) is 4. The summed E-state index contributed by atoms with van der Waals surface area (Å²) in [7, 11) is 1.49. The summed E-state index contributed by atoms with van der Waals surface area (Å²) in [6.07, 6.45) is 0. The number of carbonyl (C=O) groups is 2. The van der Waals surface area contributed by atoms with Crippen LogP contribution >= 0.6 is 11.6 Å². The third kappa shape index (κ3) is 5.30. The van der Waals surface area contributed by atoms with E-state index in [1.807, 2.05) is 31.2 Å². The molecule has 3 aromatic rings. The molecule has 0 unspecified atom stereocenters. The SMILES string of the molecule is COc1cc(C(=O)NNC(=O)c2ccccc2C)ccc1OCc1ccc(Cl)cc1. The van der Waals surface area contributed by atoms with Crippen LogP contribution in [0.2, 0.25) is 5.02 Å². The van der Waals surface area contributed by atoms with Crippen LogP contribution in [-0.2, 0) is 6.61 Å². The molecule has 0 aliphatic heterocycles. The highest BCUT2D eigenvalue weighted by Gasteiger charge is 2.14. The van der Waals surface area contributed by atoms with Crippen molar-refractivity contribution in [2.45, 2.75) is 13.5 Å². The van der Waals surface area contributed by atoms with E-state index < -0.39 is 11.8 Å². The molecule has 3 rings (SSSR count). The van der Waals surface area contributed by atoms with Crippen LogP contribution in [0.3, 0.4) is 0 Å². The van der Waals surface area contributed by atoms with Gasteiger partial charge in [-0.15, -0.1) is 0 Å². The second-order valence-electron chi connectivity index (χ2n) is 6.50. The molecular weight excluding hydrogens is 404 g/mol. The highest BCUT2D eigenvalue weighted by atomic mass is 35.5. The Kier molecular flexibility index (Phi) is 6.93. The van der Waals surface area contributed by atoms with Gasteiger partial charge in [0.15, 0.2) is 11.5 Å². The second-order valence-corrected chi connectivity index (χ2v) is 6.94. The minimum atomic E-state index is -0.473. The van der Waals surface area contributed by atoms with Gasteiger partial charge in [-0.05, 0) is 54.4 Å². The van der Waals surface area contributed by atoms with Gasteiger partial charge in [-0.25, -0.2) is 0 Å². The Morgan fingerprint density at radius 1 is 0.900 bits per heavy atom. The predicted octanol–water partition coefficient (Wildman–Crippen LogP) is 4.31. The highest BCUT2D eigenvalue weighted by molar-refractivity contribution is 6.30. The van der Waals surface area contributed by atoms with Crippen LogP contribution in [0, 0.1) is 6.92 Å². The zero-order valence-electron chi connectivity index (χ0n) is 16.6. The highest BCUT2D eigenvalue weighted by Crippen LogP contribution is 2.29. The van der Waals surface area contributed by atoms with E-state index in [-0.39, 0.29) is 0 Å². The molecule has 2 N–H and O–H groups in total. The van der Waals surface area contributed by atoms with Gasteiger partial charge in [0.25, 0.3) is 11.8 Å². The lowest BCUT2D eigenvalue weighted by Crippen LogP contribution is -2.41. The molecule has 0 saturated carbocycles. The molecular formula is C23H21ClN2O4. The average Bonchev–Trinajstić information content (AvgIpc) is 2.77. The van der Waals surface area contributed by atoms with Crippen molar-refractivity contribution >= 4 is 23.4 Å². The summed E-state index contributed by atoms with van der Waals surface area (Å²) in [5.41, 5.74) is 7.39. The molecule has 0 radical (unpaired) electrons. The first-order valence-corrected chi connectivity index (χ1v) is 9.57. The maximum Gasteiger partial charge on any atom is 0.269 e. The van der Waals surface area contributed by atoms with Gasteiger partial charge < -0.3 is 9.47 Å². The van der Waals surface area contributed by atoms with E-state index in [0.29, 0.717) is 34.3 Å². The Morgan fingerprint density at radius 3 is 2.30 bits per heavy atom. The Hall–Kier alpha value is -3.51. The fourth-order valence-corrected chi connectivity index (χ4v) is 2.88. The van der Waals surface area contributed by atoms with Crippen LogP contribution < -0.4 is 20.3 Å². The predicted molar refractivity (Wildman–Crippen MR) is 115 cm³/mol. The van der Waals surface area contributed by atoms with Gasteiger partial charge in [-0.1, -0.05) is 41.9 Å². The minimum Gasteiger partial charge on any atom is -0.493 e. The molecule has 0 heterocycles. The van der Waals surface area contributed by atoms with Crippen LogP contribution in [0.5, 0.6) is 11.5 Å². The Balaban J connectivity index is 1.63. The number of halogens is 1. The molecule has 0 aliphatic rings. The molecule has 6 nitrogen and oxygen atoms in total. The smallest absolute Gasteiger partial charge is 0.269 e. The van der Waals surface area contributed by atoms with E-state index in [1.165, 1.54) is 7.11 Å². The van der Waals surface area contributed by atoms with Gasteiger partial charge in [0.1, 0.15) is 6.61 Å². The first-order valence-electron chi connectivity index (χ1n) is 9.19. The quantitative estimate of drug-likeness (QED) is 0.578. The Morgan fingerprint density at radius 2 is 1.60 bits per heavy atom. The second kappa shape index (κ2) is 9.80. The molecule has 30 heavy (non-hydrogen) atoms. The number of aryl methyl sites for hydroxylation is 1. The topological polar surface area (TPSA) is 76.7 Å². The van der Waals surface area contributed by atoms with E-state index in [4.69, 9.17) is 21.1 Å². The van der Waals surface area contributed by atoms with Gasteiger partial charge in [0, 0.05) is 16.1 Å². The zero-order chi connectivity index (χ0) is 21.5. The fraction of sp³-hybridized carbons (Fsp3) is 0.130. The molecule has 154 valence electrons.